The first kappa shape index (κ1) is 35.5. The summed E-state index contributed by atoms with van der Waals surface area (Å²) in [6.07, 6.45) is 5.74. The maximum absolute atomic E-state index is 13.5. The van der Waals surface area contributed by atoms with Gasteiger partial charge in [0.1, 0.15) is 15.6 Å². The molecule has 1 aromatic carbocycles. The molecule has 2 saturated heterocycles. The van der Waals surface area contributed by atoms with E-state index in [0.717, 1.165) is 29.8 Å². The van der Waals surface area contributed by atoms with E-state index < -0.39 is 22.8 Å². The van der Waals surface area contributed by atoms with Gasteiger partial charge in [-0.1, -0.05) is 35.3 Å². The summed E-state index contributed by atoms with van der Waals surface area (Å²) in [6.45, 7) is 9.61. The zero-order valence-corrected chi connectivity index (χ0v) is 29.7. The molecule has 4 aromatic rings. The quantitative estimate of drug-likeness (QED) is 0.243. The number of hydrogen-bond donors (Lipinski definition) is 2. The Kier molecular flexibility index (Phi) is 10.6. The molecule has 6 rings (SSSR count). The summed E-state index contributed by atoms with van der Waals surface area (Å²) in [5.41, 5.74) is 3.67. The number of hydrogen-bond acceptors (Lipinski definition) is 11. The van der Waals surface area contributed by atoms with Gasteiger partial charge >= 0.3 is 5.97 Å². The summed E-state index contributed by atoms with van der Waals surface area (Å²) in [4.78, 5) is 48.4. The number of halogens is 2. The summed E-state index contributed by atoms with van der Waals surface area (Å²) >= 11 is 12.9. The number of nitrogens with one attached hydrogen (secondary N) is 1. The molecular formula is C35H40Cl2N8O5. The Labute approximate surface area is 299 Å². The van der Waals surface area contributed by atoms with Crippen molar-refractivity contribution in [1.29, 1.82) is 0 Å². The van der Waals surface area contributed by atoms with Gasteiger partial charge in [-0.25, -0.2) is 5.10 Å². The minimum Gasteiger partial charge on any atom is -0.459 e. The molecule has 0 bridgehead atoms. The van der Waals surface area contributed by atoms with Crippen molar-refractivity contribution in [1.82, 2.24) is 29.9 Å². The van der Waals surface area contributed by atoms with Gasteiger partial charge in [-0.15, -0.1) is 0 Å². The number of piperidine rings is 1. The molecule has 5 heterocycles. The minimum absolute atomic E-state index is 0.0791. The van der Waals surface area contributed by atoms with E-state index in [1.165, 1.54) is 17.8 Å². The van der Waals surface area contributed by atoms with Crippen LogP contribution in [0, 0.1) is 6.92 Å². The maximum atomic E-state index is 13.5. The van der Waals surface area contributed by atoms with Crippen molar-refractivity contribution in [2.45, 2.75) is 58.3 Å². The van der Waals surface area contributed by atoms with Gasteiger partial charge in [-0.3, -0.25) is 24.3 Å². The number of anilines is 2. The van der Waals surface area contributed by atoms with Crippen molar-refractivity contribution in [3.63, 3.8) is 0 Å². The lowest BCUT2D eigenvalue weighted by atomic mass is 9.83. The predicted molar refractivity (Wildman–Crippen MR) is 191 cm³/mol. The van der Waals surface area contributed by atoms with E-state index in [1.807, 2.05) is 42.2 Å². The number of esters is 1. The van der Waals surface area contributed by atoms with Crippen LogP contribution in [0.5, 0.6) is 0 Å². The van der Waals surface area contributed by atoms with E-state index in [4.69, 9.17) is 27.9 Å². The lowest BCUT2D eigenvalue weighted by molar-refractivity contribution is -0.159. The highest BCUT2D eigenvalue weighted by atomic mass is 35.5. The smallest absolute Gasteiger partial charge is 0.303 e. The average molecular weight is 724 g/mol. The number of aliphatic hydroxyl groups is 1. The van der Waals surface area contributed by atoms with E-state index in [0.29, 0.717) is 74.7 Å². The number of ether oxygens (including phenoxy) is 1. The molecule has 15 heteroatoms. The van der Waals surface area contributed by atoms with Crippen LogP contribution in [0.3, 0.4) is 0 Å². The molecule has 50 heavy (non-hydrogen) atoms. The number of rotatable bonds is 9. The molecule has 0 radical (unpaired) electrons. The largest absolute Gasteiger partial charge is 0.459 e. The fourth-order valence-corrected chi connectivity index (χ4v) is 7.36. The van der Waals surface area contributed by atoms with Gasteiger partial charge in [0.05, 0.1) is 41.3 Å². The molecule has 0 amide bonds. The number of aromatic nitrogens is 5. The van der Waals surface area contributed by atoms with Crippen LogP contribution in [0.4, 0.5) is 11.4 Å². The zero-order chi connectivity index (χ0) is 35.6. The number of aromatic amines is 1. The van der Waals surface area contributed by atoms with Gasteiger partial charge < -0.3 is 19.6 Å². The second-order valence-electron chi connectivity index (χ2n) is 13.0. The first-order valence-electron chi connectivity index (χ1n) is 16.6. The fourth-order valence-electron chi connectivity index (χ4n) is 6.90. The SMILES string of the molecule is CC(=O)OC1(Cc2ccc(-n3ncc(N4CCN(Cc5cccnc5[C@H](C)O)CC4)c(Cl)c3=O)cc2C)CCN(c2cn[nH]c(=O)c2Cl)CC1. The van der Waals surface area contributed by atoms with Crippen molar-refractivity contribution >= 4 is 40.5 Å². The Morgan fingerprint density at radius 1 is 1.00 bits per heavy atom. The number of piperazine rings is 1. The normalized spacial score (nSPS) is 17.1. The van der Waals surface area contributed by atoms with Gasteiger partial charge in [0.25, 0.3) is 11.1 Å². The van der Waals surface area contributed by atoms with E-state index in [-0.39, 0.29) is 16.0 Å². The summed E-state index contributed by atoms with van der Waals surface area (Å²) in [5, 5.41) is 21.0. The minimum atomic E-state index is -0.753. The zero-order valence-electron chi connectivity index (χ0n) is 28.2. The molecular weight excluding hydrogens is 683 g/mol. The Morgan fingerprint density at radius 2 is 1.70 bits per heavy atom. The monoisotopic (exact) mass is 722 g/mol. The van der Waals surface area contributed by atoms with Crippen LogP contribution in [0.2, 0.25) is 10.0 Å². The number of carbonyl (C=O) groups excluding carboxylic acids is 1. The van der Waals surface area contributed by atoms with Crippen LogP contribution >= 0.6 is 23.2 Å². The highest BCUT2D eigenvalue weighted by molar-refractivity contribution is 6.33. The highest BCUT2D eigenvalue weighted by Gasteiger charge is 2.39. The third-order valence-electron chi connectivity index (χ3n) is 9.57. The molecule has 3 aromatic heterocycles. The summed E-state index contributed by atoms with van der Waals surface area (Å²) in [5.74, 6) is -0.366. The molecule has 2 N–H and O–H groups in total. The van der Waals surface area contributed by atoms with Crippen LogP contribution in [-0.2, 0) is 22.5 Å². The molecule has 1 atom stereocenters. The van der Waals surface area contributed by atoms with Crippen LogP contribution in [-0.4, -0.2) is 85.8 Å². The number of aliphatic hydroxyl groups excluding tert-OH is 1. The number of aryl methyl sites for hydroxylation is 1. The molecule has 0 spiro atoms. The lowest BCUT2D eigenvalue weighted by Crippen LogP contribution is -2.48. The molecule has 2 aliphatic rings. The van der Waals surface area contributed by atoms with Crippen molar-refractivity contribution < 1.29 is 14.6 Å². The second kappa shape index (κ2) is 14.9. The number of nitrogens with zero attached hydrogens (tertiary/aromatic N) is 7. The second-order valence-corrected chi connectivity index (χ2v) is 13.8. The Balaban J connectivity index is 1.14. The Hall–Kier alpha value is -4.30. The number of H-pyrrole nitrogens is 1. The first-order valence-corrected chi connectivity index (χ1v) is 17.3. The van der Waals surface area contributed by atoms with E-state index in [1.54, 1.807) is 19.3 Å². The van der Waals surface area contributed by atoms with Crippen LogP contribution < -0.4 is 20.9 Å². The Morgan fingerprint density at radius 3 is 2.38 bits per heavy atom. The van der Waals surface area contributed by atoms with Crippen LogP contribution in [0.15, 0.2) is 58.5 Å². The van der Waals surface area contributed by atoms with Gasteiger partial charge in [0.2, 0.25) is 0 Å². The third kappa shape index (κ3) is 7.55. The van der Waals surface area contributed by atoms with Gasteiger partial charge in [0.15, 0.2) is 0 Å². The number of pyridine rings is 1. The average Bonchev–Trinajstić information content (AvgIpc) is 3.09. The van der Waals surface area contributed by atoms with Crippen molar-refractivity contribution in [2.75, 3.05) is 49.1 Å². The van der Waals surface area contributed by atoms with E-state index in [2.05, 4.69) is 30.1 Å². The number of carbonyl (C=O) groups is 1. The van der Waals surface area contributed by atoms with Gasteiger partial charge in [0, 0.05) is 78.2 Å². The first-order chi connectivity index (χ1) is 23.9. The Bertz CT molecular complexity index is 1980. The van der Waals surface area contributed by atoms with Crippen LogP contribution in [0.1, 0.15) is 55.2 Å². The van der Waals surface area contributed by atoms with E-state index in [9.17, 15) is 19.5 Å². The molecule has 0 saturated carbocycles. The van der Waals surface area contributed by atoms with Crippen LogP contribution in [0.25, 0.3) is 5.69 Å². The third-order valence-corrected chi connectivity index (χ3v) is 10.3. The topological polar surface area (TPSA) is 150 Å². The highest BCUT2D eigenvalue weighted by Crippen LogP contribution is 2.35. The standard InChI is InChI=1S/C35H40Cl2N8O5/c1-22-17-27(7-6-25(22)18-35(50-24(3)47)8-11-43(12-9-35)28-19-39-41-33(48)30(28)36)45-34(49)31(37)29(20-40-45)44-15-13-42(14-16-44)21-26-5-4-10-38-32(26)23(2)46/h4-7,10,17,19-20,23,46H,8-9,11-16,18,21H2,1-3H3,(H,41,48)/t23-/m0/s1. The molecule has 2 aliphatic heterocycles. The predicted octanol–water partition coefficient (Wildman–Crippen LogP) is 3.85. The molecule has 264 valence electrons. The summed E-state index contributed by atoms with van der Waals surface area (Å²) in [7, 11) is 0. The maximum Gasteiger partial charge on any atom is 0.303 e. The fraction of sp³-hybridized carbons (Fsp3) is 0.429. The molecule has 13 nitrogen and oxygen atoms in total. The summed E-state index contributed by atoms with van der Waals surface area (Å²) < 4.78 is 7.26. The lowest BCUT2D eigenvalue weighted by Gasteiger charge is -2.42. The van der Waals surface area contributed by atoms with Gasteiger partial charge in [-0.05, 0) is 48.7 Å². The molecule has 2 fully saturated rings. The number of benzene rings is 1. The van der Waals surface area contributed by atoms with Gasteiger partial charge in [-0.2, -0.15) is 14.9 Å². The van der Waals surface area contributed by atoms with Crippen molar-refractivity contribution in [2.24, 2.45) is 0 Å². The molecule has 0 unspecified atom stereocenters. The molecule has 0 aliphatic carbocycles. The van der Waals surface area contributed by atoms with E-state index >= 15 is 0 Å². The van der Waals surface area contributed by atoms with Crippen molar-refractivity contribution in [3.8, 4) is 5.69 Å². The summed E-state index contributed by atoms with van der Waals surface area (Å²) in [6, 6.07) is 9.51. The van der Waals surface area contributed by atoms with Crippen molar-refractivity contribution in [3.05, 3.63) is 102 Å².